The first kappa shape index (κ1) is 16.0. The third kappa shape index (κ3) is 3.53. The molecule has 6 heteroatoms. The quantitative estimate of drug-likeness (QED) is 0.802. The molecule has 0 aromatic carbocycles. The van der Waals surface area contributed by atoms with Crippen molar-refractivity contribution in [1.82, 2.24) is 19.3 Å². The molecule has 124 valence electrons. The number of nitrogens with zero attached hydrogens (tertiary/aromatic N) is 4. The van der Waals surface area contributed by atoms with Crippen LogP contribution in [0.3, 0.4) is 0 Å². The van der Waals surface area contributed by atoms with Crippen LogP contribution in [0.2, 0.25) is 0 Å². The molecule has 0 bridgehead atoms. The van der Waals surface area contributed by atoms with Crippen LogP contribution in [0.4, 0.5) is 5.82 Å². The summed E-state index contributed by atoms with van der Waals surface area (Å²) >= 11 is 0. The molecule has 3 aromatic heterocycles. The van der Waals surface area contributed by atoms with Gasteiger partial charge >= 0.3 is 0 Å². The first-order valence-corrected chi connectivity index (χ1v) is 7.85. The maximum absolute atomic E-state index is 12.6. The summed E-state index contributed by atoms with van der Waals surface area (Å²) in [6, 6.07) is 9.35. The first-order chi connectivity index (χ1) is 11.4. The SMILES string of the molecule is CC(C)(C)n1ccc(NC(=O)c2cccn2Cc2ccncc2)n1. The second-order valence-corrected chi connectivity index (χ2v) is 6.65. The molecule has 0 spiro atoms. The molecular weight excluding hydrogens is 302 g/mol. The predicted molar refractivity (Wildman–Crippen MR) is 92.9 cm³/mol. The summed E-state index contributed by atoms with van der Waals surface area (Å²) in [7, 11) is 0. The van der Waals surface area contributed by atoms with E-state index in [1.54, 1.807) is 24.5 Å². The van der Waals surface area contributed by atoms with Crippen molar-refractivity contribution in [2.45, 2.75) is 32.9 Å². The molecule has 24 heavy (non-hydrogen) atoms. The largest absolute Gasteiger partial charge is 0.339 e. The van der Waals surface area contributed by atoms with Gasteiger partial charge in [0.25, 0.3) is 5.91 Å². The minimum absolute atomic E-state index is 0.120. The molecule has 6 nitrogen and oxygen atoms in total. The summed E-state index contributed by atoms with van der Waals surface area (Å²) in [4.78, 5) is 16.6. The molecule has 0 saturated carbocycles. The zero-order chi connectivity index (χ0) is 17.2. The fourth-order valence-corrected chi connectivity index (χ4v) is 2.39. The van der Waals surface area contributed by atoms with Gasteiger partial charge in [0.15, 0.2) is 5.82 Å². The van der Waals surface area contributed by atoms with Crippen LogP contribution in [-0.4, -0.2) is 25.2 Å². The van der Waals surface area contributed by atoms with Gasteiger partial charge in [-0.1, -0.05) is 0 Å². The van der Waals surface area contributed by atoms with Gasteiger partial charge in [-0.25, -0.2) is 0 Å². The summed E-state index contributed by atoms with van der Waals surface area (Å²) in [5.74, 6) is 0.375. The molecule has 3 aromatic rings. The number of hydrogen-bond acceptors (Lipinski definition) is 3. The Morgan fingerprint density at radius 2 is 1.88 bits per heavy atom. The molecule has 1 amide bonds. The summed E-state index contributed by atoms with van der Waals surface area (Å²) in [5.41, 5.74) is 1.56. The number of aromatic nitrogens is 4. The van der Waals surface area contributed by atoms with Gasteiger partial charge in [-0.15, -0.1) is 0 Å². The molecule has 0 aliphatic carbocycles. The van der Waals surface area contributed by atoms with E-state index in [4.69, 9.17) is 0 Å². The molecule has 0 fully saturated rings. The molecular formula is C18H21N5O. The summed E-state index contributed by atoms with van der Waals surface area (Å²) in [6.07, 6.45) is 7.25. The van der Waals surface area contributed by atoms with Gasteiger partial charge < -0.3 is 9.88 Å². The van der Waals surface area contributed by atoms with Gasteiger partial charge in [0.2, 0.25) is 0 Å². The van der Waals surface area contributed by atoms with E-state index in [1.807, 2.05) is 39.8 Å². The van der Waals surface area contributed by atoms with Crippen molar-refractivity contribution in [1.29, 1.82) is 0 Å². The maximum Gasteiger partial charge on any atom is 0.273 e. The minimum Gasteiger partial charge on any atom is -0.339 e. The number of nitrogens with one attached hydrogen (secondary N) is 1. The Morgan fingerprint density at radius 1 is 1.12 bits per heavy atom. The smallest absolute Gasteiger partial charge is 0.273 e. The van der Waals surface area contributed by atoms with Gasteiger partial charge in [-0.05, 0) is 50.6 Å². The highest BCUT2D eigenvalue weighted by Crippen LogP contribution is 2.16. The van der Waals surface area contributed by atoms with E-state index >= 15 is 0 Å². The number of anilines is 1. The summed E-state index contributed by atoms with van der Waals surface area (Å²) in [5, 5.41) is 7.27. The summed E-state index contributed by atoms with van der Waals surface area (Å²) < 4.78 is 3.74. The highest BCUT2D eigenvalue weighted by atomic mass is 16.2. The number of carbonyl (C=O) groups excluding carboxylic acids is 1. The van der Waals surface area contributed by atoms with Crippen molar-refractivity contribution < 1.29 is 4.79 Å². The number of carbonyl (C=O) groups is 1. The highest BCUT2D eigenvalue weighted by molar-refractivity contribution is 6.02. The molecule has 0 saturated heterocycles. The average molecular weight is 323 g/mol. The Hall–Kier alpha value is -2.89. The zero-order valence-corrected chi connectivity index (χ0v) is 14.1. The van der Waals surface area contributed by atoms with Crippen LogP contribution in [0.15, 0.2) is 55.1 Å². The number of hydrogen-bond donors (Lipinski definition) is 1. The number of rotatable bonds is 4. The van der Waals surface area contributed by atoms with Crippen LogP contribution in [0.5, 0.6) is 0 Å². The Balaban J connectivity index is 1.74. The Morgan fingerprint density at radius 3 is 2.54 bits per heavy atom. The lowest BCUT2D eigenvalue weighted by atomic mass is 10.1. The molecule has 1 N–H and O–H groups in total. The van der Waals surface area contributed by atoms with Crippen LogP contribution in [-0.2, 0) is 12.1 Å². The van der Waals surface area contributed by atoms with Gasteiger partial charge in [-0.2, -0.15) is 5.10 Å². The Bertz CT molecular complexity index is 826. The van der Waals surface area contributed by atoms with E-state index in [0.717, 1.165) is 5.56 Å². The lowest BCUT2D eigenvalue weighted by Gasteiger charge is -2.18. The van der Waals surface area contributed by atoms with Crippen LogP contribution in [0, 0.1) is 0 Å². The van der Waals surface area contributed by atoms with Crippen molar-refractivity contribution >= 4 is 11.7 Å². The monoisotopic (exact) mass is 323 g/mol. The van der Waals surface area contributed by atoms with Crippen molar-refractivity contribution in [2.75, 3.05) is 5.32 Å². The lowest BCUT2D eigenvalue weighted by molar-refractivity contribution is 0.101. The fraction of sp³-hybridized carbons (Fsp3) is 0.278. The highest BCUT2D eigenvalue weighted by Gasteiger charge is 2.16. The van der Waals surface area contributed by atoms with E-state index in [9.17, 15) is 4.79 Å². The van der Waals surface area contributed by atoms with Crippen molar-refractivity contribution in [3.05, 3.63) is 66.4 Å². The molecule has 3 heterocycles. The van der Waals surface area contributed by atoms with Crippen LogP contribution in [0.1, 0.15) is 36.8 Å². The van der Waals surface area contributed by atoms with E-state index in [-0.39, 0.29) is 11.4 Å². The van der Waals surface area contributed by atoms with E-state index in [0.29, 0.717) is 18.1 Å². The van der Waals surface area contributed by atoms with Crippen molar-refractivity contribution in [3.63, 3.8) is 0 Å². The molecule has 0 aliphatic heterocycles. The van der Waals surface area contributed by atoms with E-state index in [2.05, 4.69) is 36.2 Å². The minimum atomic E-state index is -0.173. The van der Waals surface area contributed by atoms with Crippen molar-refractivity contribution in [3.8, 4) is 0 Å². The van der Waals surface area contributed by atoms with Gasteiger partial charge in [0.05, 0.1) is 5.54 Å². The van der Waals surface area contributed by atoms with Crippen LogP contribution >= 0.6 is 0 Å². The predicted octanol–water partition coefficient (Wildman–Crippen LogP) is 3.14. The third-order valence-corrected chi connectivity index (χ3v) is 3.68. The second kappa shape index (κ2) is 6.31. The molecule has 0 unspecified atom stereocenters. The standard InChI is InChI=1S/C18H21N5O/c1-18(2,3)23-12-8-16(21-23)20-17(24)15-5-4-11-22(15)13-14-6-9-19-10-7-14/h4-12H,13H2,1-3H3,(H,20,21,24). The molecule has 0 radical (unpaired) electrons. The molecule has 0 atom stereocenters. The van der Waals surface area contributed by atoms with Gasteiger partial charge in [0, 0.05) is 37.4 Å². The van der Waals surface area contributed by atoms with E-state index in [1.165, 1.54) is 0 Å². The normalized spacial score (nSPS) is 11.5. The van der Waals surface area contributed by atoms with E-state index < -0.39 is 0 Å². The zero-order valence-electron chi connectivity index (χ0n) is 14.1. The topological polar surface area (TPSA) is 64.7 Å². The number of pyridine rings is 1. The maximum atomic E-state index is 12.6. The van der Waals surface area contributed by atoms with Crippen molar-refractivity contribution in [2.24, 2.45) is 0 Å². The van der Waals surface area contributed by atoms with Gasteiger partial charge in [-0.3, -0.25) is 14.5 Å². The Kier molecular flexibility index (Phi) is 4.20. The average Bonchev–Trinajstić information content (AvgIpc) is 3.17. The summed E-state index contributed by atoms with van der Waals surface area (Å²) in [6.45, 7) is 6.80. The van der Waals surface area contributed by atoms with Crippen LogP contribution in [0.25, 0.3) is 0 Å². The lowest BCUT2D eigenvalue weighted by Crippen LogP contribution is -2.23. The molecule has 0 aliphatic rings. The number of amides is 1. The first-order valence-electron chi connectivity index (χ1n) is 7.85. The third-order valence-electron chi connectivity index (χ3n) is 3.68. The molecule has 3 rings (SSSR count). The van der Waals surface area contributed by atoms with Gasteiger partial charge in [0.1, 0.15) is 5.69 Å². The van der Waals surface area contributed by atoms with Crippen LogP contribution < -0.4 is 5.32 Å². The Labute approximate surface area is 141 Å². The fourth-order valence-electron chi connectivity index (χ4n) is 2.39. The second-order valence-electron chi connectivity index (χ2n) is 6.65.